The third-order valence-corrected chi connectivity index (χ3v) is 2.20. The third-order valence-electron chi connectivity index (χ3n) is 2.20. The van der Waals surface area contributed by atoms with Crippen LogP contribution in [-0.4, -0.2) is 0 Å². The fourth-order valence-corrected chi connectivity index (χ4v) is 1.12. The molecule has 0 nitrogen and oxygen atoms in total. The summed E-state index contributed by atoms with van der Waals surface area (Å²) in [7, 11) is 0. The molecule has 0 N–H and O–H groups in total. The Labute approximate surface area is 90.4 Å². The van der Waals surface area contributed by atoms with Crippen LogP contribution < -0.4 is 0 Å². The quantitative estimate of drug-likeness (QED) is 0.584. The van der Waals surface area contributed by atoms with Gasteiger partial charge in [0, 0.05) is 0 Å². The Morgan fingerprint density at radius 2 is 1.43 bits per heavy atom. The molecule has 0 heteroatoms. The standard InChI is InChI=1S/C11H16.C2H6.CH4/c1-8(2)11-6-5-9(3)10(4)7-11;1-2;/h5-8H,1-4H3;1-2H3;1H4. The van der Waals surface area contributed by atoms with Crippen molar-refractivity contribution >= 4 is 0 Å². The van der Waals surface area contributed by atoms with Crippen molar-refractivity contribution in [2.75, 3.05) is 0 Å². The van der Waals surface area contributed by atoms with Crippen LogP contribution >= 0.6 is 0 Å². The van der Waals surface area contributed by atoms with Crippen LogP contribution in [0.5, 0.6) is 0 Å². The lowest BCUT2D eigenvalue weighted by Crippen LogP contribution is -1.89. The minimum atomic E-state index is 0. The number of rotatable bonds is 1. The van der Waals surface area contributed by atoms with Gasteiger partial charge < -0.3 is 0 Å². The van der Waals surface area contributed by atoms with Crippen LogP contribution in [0.1, 0.15) is 57.7 Å². The van der Waals surface area contributed by atoms with Crippen molar-refractivity contribution < 1.29 is 0 Å². The number of aryl methyl sites for hydroxylation is 2. The molecule has 0 unspecified atom stereocenters. The van der Waals surface area contributed by atoms with Crippen LogP contribution in [0.15, 0.2) is 18.2 Å². The molecule has 0 atom stereocenters. The summed E-state index contributed by atoms with van der Waals surface area (Å²) in [6.07, 6.45) is 0. The van der Waals surface area contributed by atoms with Crippen molar-refractivity contribution in [1.82, 2.24) is 0 Å². The predicted octanol–water partition coefficient (Wildman–Crippen LogP) is 5.09. The van der Waals surface area contributed by atoms with Gasteiger partial charge in [-0.3, -0.25) is 0 Å². The highest BCUT2D eigenvalue weighted by atomic mass is 14.0. The van der Waals surface area contributed by atoms with Crippen molar-refractivity contribution in [3.05, 3.63) is 34.9 Å². The van der Waals surface area contributed by atoms with Gasteiger partial charge in [0.05, 0.1) is 0 Å². The van der Waals surface area contributed by atoms with Crippen molar-refractivity contribution in [2.24, 2.45) is 0 Å². The fraction of sp³-hybridized carbons (Fsp3) is 0.571. The lowest BCUT2D eigenvalue weighted by atomic mass is 9.99. The van der Waals surface area contributed by atoms with Crippen LogP contribution in [0.3, 0.4) is 0 Å². The molecule has 0 radical (unpaired) electrons. The number of hydrogen-bond acceptors (Lipinski definition) is 0. The van der Waals surface area contributed by atoms with Crippen molar-refractivity contribution in [2.45, 2.75) is 54.9 Å². The first-order valence-electron chi connectivity index (χ1n) is 5.18. The SMILES string of the molecule is C.CC.Cc1ccc(C(C)C)cc1C. The molecular weight excluding hydrogens is 168 g/mol. The maximum Gasteiger partial charge on any atom is -0.0219 e. The first-order chi connectivity index (χ1) is 6.11. The van der Waals surface area contributed by atoms with Gasteiger partial charge in [0.1, 0.15) is 0 Å². The van der Waals surface area contributed by atoms with Gasteiger partial charge in [-0.2, -0.15) is 0 Å². The van der Waals surface area contributed by atoms with Crippen LogP contribution in [0.4, 0.5) is 0 Å². The summed E-state index contributed by atoms with van der Waals surface area (Å²) in [6.45, 7) is 12.8. The smallest absolute Gasteiger partial charge is 0.0219 e. The average Bonchev–Trinajstić information content (AvgIpc) is 2.13. The molecule has 0 aliphatic rings. The largest absolute Gasteiger partial charge is 0.0776 e. The minimum Gasteiger partial charge on any atom is -0.0776 e. The zero-order valence-electron chi connectivity index (χ0n) is 9.81. The Morgan fingerprint density at radius 1 is 0.929 bits per heavy atom. The molecule has 1 rings (SSSR count). The van der Waals surface area contributed by atoms with Gasteiger partial charge in [0.25, 0.3) is 0 Å². The van der Waals surface area contributed by atoms with E-state index in [1.807, 2.05) is 13.8 Å². The molecular formula is C14H26. The second-order valence-corrected chi connectivity index (χ2v) is 3.50. The van der Waals surface area contributed by atoms with Crippen molar-refractivity contribution in [3.8, 4) is 0 Å². The highest BCUT2D eigenvalue weighted by molar-refractivity contribution is 5.31. The zero-order valence-corrected chi connectivity index (χ0v) is 9.81. The van der Waals surface area contributed by atoms with Gasteiger partial charge in [-0.05, 0) is 36.5 Å². The summed E-state index contributed by atoms with van der Waals surface area (Å²) in [4.78, 5) is 0. The van der Waals surface area contributed by atoms with Gasteiger partial charge in [-0.25, -0.2) is 0 Å². The summed E-state index contributed by atoms with van der Waals surface area (Å²) in [5.74, 6) is 0.647. The van der Waals surface area contributed by atoms with Gasteiger partial charge in [-0.15, -0.1) is 0 Å². The predicted molar refractivity (Wildman–Crippen MR) is 68.1 cm³/mol. The highest BCUT2D eigenvalue weighted by Gasteiger charge is 1.99. The third kappa shape index (κ3) is 4.45. The van der Waals surface area contributed by atoms with E-state index in [9.17, 15) is 0 Å². The topological polar surface area (TPSA) is 0 Å². The zero-order chi connectivity index (χ0) is 10.4. The molecule has 1 aromatic carbocycles. The minimum absolute atomic E-state index is 0. The lowest BCUT2D eigenvalue weighted by Gasteiger charge is -2.07. The van der Waals surface area contributed by atoms with E-state index in [4.69, 9.17) is 0 Å². The molecule has 0 aromatic heterocycles. The second-order valence-electron chi connectivity index (χ2n) is 3.50. The van der Waals surface area contributed by atoms with Gasteiger partial charge in [-0.1, -0.05) is 53.3 Å². The van der Waals surface area contributed by atoms with Gasteiger partial charge >= 0.3 is 0 Å². The van der Waals surface area contributed by atoms with Crippen LogP contribution in [0.2, 0.25) is 0 Å². The Morgan fingerprint density at radius 3 is 1.79 bits per heavy atom. The van der Waals surface area contributed by atoms with E-state index >= 15 is 0 Å². The maximum absolute atomic E-state index is 2.28. The second kappa shape index (κ2) is 7.61. The normalized spacial score (nSPS) is 8.79. The molecule has 0 bridgehead atoms. The van der Waals surface area contributed by atoms with Crippen molar-refractivity contribution in [3.63, 3.8) is 0 Å². The molecule has 0 aliphatic carbocycles. The number of benzene rings is 1. The van der Waals surface area contributed by atoms with E-state index in [1.165, 1.54) is 16.7 Å². The molecule has 0 heterocycles. The molecule has 0 saturated heterocycles. The summed E-state index contributed by atoms with van der Waals surface area (Å²) in [6, 6.07) is 6.69. The summed E-state index contributed by atoms with van der Waals surface area (Å²) < 4.78 is 0. The summed E-state index contributed by atoms with van der Waals surface area (Å²) in [5.41, 5.74) is 4.22. The average molecular weight is 194 g/mol. The Kier molecular flexibility index (Phi) is 8.52. The Bertz CT molecular complexity index is 246. The van der Waals surface area contributed by atoms with Crippen LogP contribution in [0, 0.1) is 13.8 Å². The Balaban J connectivity index is 0. The van der Waals surface area contributed by atoms with E-state index in [-0.39, 0.29) is 7.43 Å². The molecule has 0 saturated carbocycles. The molecule has 14 heavy (non-hydrogen) atoms. The molecule has 0 fully saturated rings. The van der Waals surface area contributed by atoms with E-state index in [1.54, 1.807) is 0 Å². The fourth-order valence-electron chi connectivity index (χ4n) is 1.12. The monoisotopic (exact) mass is 194 g/mol. The molecule has 0 spiro atoms. The van der Waals surface area contributed by atoms with E-state index < -0.39 is 0 Å². The molecule has 82 valence electrons. The van der Waals surface area contributed by atoms with Gasteiger partial charge in [0.15, 0.2) is 0 Å². The molecule has 0 aliphatic heterocycles. The van der Waals surface area contributed by atoms with E-state index in [0.717, 1.165) is 0 Å². The van der Waals surface area contributed by atoms with Crippen molar-refractivity contribution in [1.29, 1.82) is 0 Å². The molecule has 0 amide bonds. The van der Waals surface area contributed by atoms with E-state index in [0.29, 0.717) is 5.92 Å². The summed E-state index contributed by atoms with van der Waals surface area (Å²) in [5, 5.41) is 0. The highest BCUT2D eigenvalue weighted by Crippen LogP contribution is 2.17. The first-order valence-corrected chi connectivity index (χ1v) is 5.18. The van der Waals surface area contributed by atoms with E-state index in [2.05, 4.69) is 45.9 Å². The maximum atomic E-state index is 2.28. The van der Waals surface area contributed by atoms with Crippen LogP contribution in [-0.2, 0) is 0 Å². The first kappa shape index (κ1) is 15.7. The lowest BCUT2D eigenvalue weighted by molar-refractivity contribution is 0.864. The van der Waals surface area contributed by atoms with Crippen LogP contribution in [0.25, 0.3) is 0 Å². The molecule has 1 aromatic rings. The summed E-state index contributed by atoms with van der Waals surface area (Å²) >= 11 is 0. The number of hydrogen-bond donors (Lipinski definition) is 0. The Hall–Kier alpha value is -0.780. The van der Waals surface area contributed by atoms with Gasteiger partial charge in [0.2, 0.25) is 0 Å².